The number of urea groups is 1. The first-order chi connectivity index (χ1) is 7.45. The Morgan fingerprint density at radius 1 is 1.38 bits per heavy atom. The van der Waals surface area contributed by atoms with E-state index < -0.39 is 37.2 Å². The molecule has 0 aromatic heterocycles. The molecule has 4 atom stereocenters. The number of carbonyl (C=O) groups excluding carboxylic acids is 1. The van der Waals surface area contributed by atoms with Crippen LogP contribution in [0.1, 0.15) is 13.8 Å². The van der Waals surface area contributed by atoms with Crippen molar-refractivity contribution >= 4 is 11.7 Å². The van der Waals surface area contributed by atoms with Gasteiger partial charge in [-0.15, -0.1) is 0 Å². The number of rotatable bonds is 2. The van der Waals surface area contributed by atoms with Crippen LogP contribution in [-0.2, 0) is 4.74 Å². The minimum Gasteiger partial charge on any atom is -0.394 e. The van der Waals surface area contributed by atoms with Crippen molar-refractivity contribution in [1.82, 2.24) is 5.32 Å². The second-order valence-corrected chi connectivity index (χ2v) is 3.77. The Labute approximate surface area is 92.8 Å². The van der Waals surface area contributed by atoms with Gasteiger partial charge in [0.15, 0.2) is 6.23 Å². The van der Waals surface area contributed by atoms with Gasteiger partial charge in [0.1, 0.15) is 18.3 Å². The van der Waals surface area contributed by atoms with Crippen LogP contribution in [0, 0.1) is 0 Å². The Kier molecular flexibility index (Phi) is 4.36. The van der Waals surface area contributed by atoms with Gasteiger partial charge in [-0.1, -0.05) is 0 Å². The summed E-state index contributed by atoms with van der Waals surface area (Å²) in [7, 11) is 0. The van der Waals surface area contributed by atoms with Gasteiger partial charge in [0.25, 0.3) is 0 Å². The maximum absolute atomic E-state index is 11.2. The van der Waals surface area contributed by atoms with Crippen LogP contribution in [0.3, 0.4) is 0 Å². The molecule has 92 valence electrons. The Morgan fingerprint density at radius 2 is 2.00 bits per heavy atom. The highest BCUT2D eigenvalue weighted by molar-refractivity contribution is 5.92. The molecule has 7 heteroatoms. The SMILES string of the molecule is CC(C)=NC(=O)NC1O[C@H](CO)[C@@H](O)[C@H]1O. The first-order valence-corrected chi connectivity index (χ1v) is 4.90. The number of ether oxygens (including phenoxy) is 1. The third kappa shape index (κ3) is 2.99. The highest BCUT2D eigenvalue weighted by Gasteiger charge is 2.42. The highest BCUT2D eigenvalue weighted by atomic mass is 16.6. The first kappa shape index (κ1) is 13.0. The third-order valence-electron chi connectivity index (χ3n) is 2.13. The van der Waals surface area contributed by atoms with Crippen LogP contribution in [0.25, 0.3) is 0 Å². The lowest BCUT2D eigenvalue weighted by Gasteiger charge is -2.14. The second-order valence-electron chi connectivity index (χ2n) is 3.77. The average Bonchev–Trinajstić information content (AvgIpc) is 2.44. The van der Waals surface area contributed by atoms with Gasteiger partial charge in [-0.3, -0.25) is 0 Å². The Bertz CT molecular complexity index is 290. The maximum atomic E-state index is 11.2. The highest BCUT2D eigenvalue weighted by Crippen LogP contribution is 2.19. The number of aliphatic hydroxyl groups excluding tert-OH is 3. The van der Waals surface area contributed by atoms with Crippen LogP contribution in [0.2, 0.25) is 0 Å². The van der Waals surface area contributed by atoms with Gasteiger partial charge in [-0.05, 0) is 13.8 Å². The standard InChI is InChI=1S/C9H16N2O5/c1-4(2)10-9(15)11-8-7(14)6(13)5(3-12)16-8/h5-8,12-14H,3H2,1-2H3,(H,11,15)/t5-,6-,7-,8?/m1/s1. The molecule has 0 aromatic carbocycles. The predicted octanol–water partition coefficient (Wildman–Crippen LogP) is -1.38. The molecule has 16 heavy (non-hydrogen) atoms. The van der Waals surface area contributed by atoms with Crippen LogP contribution in [0.5, 0.6) is 0 Å². The third-order valence-corrected chi connectivity index (χ3v) is 2.13. The van der Waals surface area contributed by atoms with Crippen molar-refractivity contribution in [3.8, 4) is 0 Å². The van der Waals surface area contributed by atoms with E-state index >= 15 is 0 Å². The lowest BCUT2D eigenvalue weighted by atomic mass is 10.1. The van der Waals surface area contributed by atoms with E-state index in [0.29, 0.717) is 5.71 Å². The Hall–Kier alpha value is -1.02. The minimum absolute atomic E-state index is 0.430. The fourth-order valence-electron chi connectivity index (χ4n) is 1.38. The lowest BCUT2D eigenvalue weighted by molar-refractivity contribution is -0.0281. The first-order valence-electron chi connectivity index (χ1n) is 4.90. The van der Waals surface area contributed by atoms with E-state index in [4.69, 9.17) is 9.84 Å². The summed E-state index contributed by atoms with van der Waals surface area (Å²) < 4.78 is 5.04. The molecule has 0 bridgehead atoms. The van der Waals surface area contributed by atoms with Crippen molar-refractivity contribution in [3.63, 3.8) is 0 Å². The molecule has 0 saturated carbocycles. The van der Waals surface area contributed by atoms with E-state index in [1.54, 1.807) is 13.8 Å². The van der Waals surface area contributed by atoms with E-state index in [0.717, 1.165) is 0 Å². The summed E-state index contributed by atoms with van der Waals surface area (Å²) >= 11 is 0. The molecule has 1 aliphatic rings. The molecule has 7 nitrogen and oxygen atoms in total. The van der Waals surface area contributed by atoms with E-state index in [2.05, 4.69) is 10.3 Å². The van der Waals surface area contributed by atoms with Gasteiger partial charge in [0.05, 0.1) is 6.61 Å². The summed E-state index contributed by atoms with van der Waals surface area (Å²) in [6.07, 6.45) is -4.44. The molecule has 1 unspecified atom stereocenters. The van der Waals surface area contributed by atoms with Crippen LogP contribution in [0.15, 0.2) is 4.99 Å². The summed E-state index contributed by atoms with van der Waals surface area (Å²) in [4.78, 5) is 14.8. The number of nitrogens with one attached hydrogen (secondary N) is 1. The van der Waals surface area contributed by atoms with Crippen molar-refractivity contribution in [2.75, 3.05) is 6.61 Å². The smallest absolute Gasteiger partial charge is 0.342 e. The van der Waals surface area contributed by atoms with Crippen LogP contribution in [0.4, 0.5) is 4.79 Å². The predicted molar refractivity (Wildman–Crippen MR) is 55.1 cm³/mol. The average molecular weight is 232 g/mol. The number of hydrogen-bond acceptors (Lipinski definition) is 5. The van der Waals surface area contributed by atoms with Crippen molar-refractivity contribution in [2.24, 2.45) is 4.99 Å². The zero-order valence-corrected chi connectivity index (χ0v) is 9.12. The van der Waals surface area contributed by atoms with Crippen molar-refractivity contribution in [1.29, 1.82) is 0 Å². The van der Waals surface area contributed by atoms with Crippen LogP contribution >= 0.6 is 0 Å². The maximum Gasteiger partial charge on any atom is 0.342 e. The molecular formula is C9H16N2O5. The minimum atomic E-state index is -1.27. The Balaban J connectivity index is 2.56. The molecule has 1 rings (SSSR count). The topological polar surface area (TPSA) is 111 Å². The second kappa shape index (κ2) is 5.35. The van der Waals surface area contributed by atoms with Crippen LogP contribution in [-0.4, -0.2) is 58.2 Å². The lowest BCUT2D eigenvalue weighted by Crippen LogP contribution is -2.42. The van der Waals surface area contributed by atoms with Gasteiger partial charge < -0.3 is 25.4 Å². The van der Waals surface area contributed by atoms with Gasteiger partial charge in [-0.25, -0.2) is 9.79 Å². The summed E-state index contributed by atoms with van der Waals surface area (Å²) in [5.41, 5.74) is 0.559. The zero-order valence-electron chi connectivity index (χ0n) is 9.12. The number of amides is 2. The van der Waals surface area contributed by atoms with Gasteiger partial charge in [0, 0.05) is 5.71 Å². The fourth-order valence-corrected chi connectivity index (χ4v) is 1.38. The molecular weight excluding hydrogens is 216 g/mol. The summed E-state index contributed by atoms with van der Waals surface area (Å²) in [6.45, 7) is 2.87. The molecule has 0 radical (unpaired) electrons. The van der Waals surface area contributed by atoms with E-state index in [1.165, 1.54) is 0 Å². The molecule has 1 heterocycles. The van der Waals surface area contributed by atoms with Gasteiger partial charge in [0.2, 0.25) is 0 Å². The summed E-state index contributed by atoms with van der Waals surface area (Å²) in [5, 5.41) is 30.0. The molecule has 1 saturated heterocycles. The quantitative estimate of drug-likeness (QED) is 0.438. The van der Waals surface area contributed by atoms with E-state index in [-0.39, 0.29) is 0 Å². The number of nitrogens with zero attached hydrogens (tertiary/aromatic N) is 1. The van der Waals surface area contributed by atoms with Gasteiger partial charge >= 0.3 is 6.03 Å². The largest absolute Gasteiger partial charge is 0.394 e. The normalized spacial score (nSPS) is 33.6. The molecule has 0 spiro atoms. The number of hydrogen-bond donors (Lipinski definition) is 4. The summed E-state index contributed by atoms with van der Waals surface area (Å²) in [6, 6.07) is -0.658. The monoisotopic (exact) mass is 232 g/mol. The van der Waals surface area contributed by atoms with Crippen LogP contribution < -0.4 is 5.32 Å². The Morgan fingerprint density at radius 3 is 2.44 bits per heavy atom. The molecule has 4 N–H and O–H groups in total. The van der Waals surface area contributed by atoms with Crippen molar-refractivity contribution in [3.05, 3.63) is 0 Å². The fraction of sp³-hybridized carbons (Fsp3) is 0.778. The van der Waals surface area contributed by atoms with Gasteiger partial charge in [-0.2, -0.15) is 0 Å². The van der Waals surface area contributed by atoms with E-state index in [1.807, 2.05) is 0 Å². The molecule has 2 amide bonds. The number of carbonyl (C=O) groups is 1. The zero-order chi connectivity index (χ0) is 12.3. The van der Waals surface area contributed by atoms with Crippen molar-refractivity contribution in [2.45, 2.75) is 38.4 Å². The molecule has 0 aliphatic carbocycles. The number of aliphatic imine (C=N–C) groups is 1. The molecule has 1 fully saturated rings. The van der Waals surface area contributed by atoms with E-state index in [9.17, 15) is 15.0 Å². The summed E-state index contributed by atoms with van der Waals surface area (Å²) in [5.74, 6) is 0. The van der Waals surface area contributed by atoms with Crippen molar-refractivity contribution < 1.29 is 24.9 Å². The molecule has 1 aliphatic heterocycles. The molecule has 0 aromatic rings. The number of aliphatic hydroxyl groups is 3.